The minimum atomic E-state index is -4.35. The topological polar surface area (TPSA) is 17.1 Å². The van der Waals surface area contributed by atoms with Gasteiger partial charge in [0.25, 0.3) is 0 Å². The minimum Gasteiger partial charge on any atom is -0.299 e. The highest BCUT2D eigenvalue weighted by Gasteiger charge is 2.46. The van der Waals surface area contributed by atoms with Crippen LogP contribution in [0.1, 0.15) is 39.5 Å². The maximum Gasteiger partial charge on any atom is 0.398 e. The monoisotopic (exact) mass is 208 g/mol. The van der Waals surface area contributed by atoms with E-state index in [1.165, 1.54) is 0 Å². The zero-order chi connectivity index (χ0) is 11.0. The molecule has 0 amide bonds. The van der Waals surface area contributed by atoms with Crippen molar-refractivity contribution in [3.8, 4) is 0 Å². The average molecular weight is 208 g/mol. The van der Waals surface area contributed by atoms with Gasteiger partial charge in [0.15, 0.2) is 0 Å². The van der Waals surface area contributed by atoms with Crippen LogP contribution in [0, 0.1) is 11.3 Å². The van der Waals surface area contributed by atoms with Gasteiger partial charge in [0.1, 0.15) is 11.7 Å². The molecular formula is C10H15F3O. The van der Waals surface area contributed by atoms with Gasteiger partial charge in [0, 0.05) is 6.42 Å². The molecule has 1 aliphatic carbocycles. The third-order valence-corrected chi connectivity index (χ3v) is 2.94. The molecule has 0 N–H and O–H groups in total. The first-order valence-corrected chi connectivity index (χ1v) is 4.82. The second-order valence-electron chi connectivity index (χ2n) is 4.76. The molecule has 1 unspecified atom stereocenters. The van der Waals surface area contributed by atoms with E-state index in [0.717, 1.165) is 0 Å². The van der Waals surface area contributed by atoms with Crippen molar-refractivity contribution in [1.82, 2.24) is 0 Å². The van der Waals surface area contributed by atoms with Crippen molar-refractivity contribution in [2.75, 3.05) is 0 Å². The second kappa shape index (κ2) is 3.55. The molecule has 0 bridgehead atoms. The lowest BCUT2D eigenvalue weighted by Gasteiger charge is -2.21. The van der Waals surface area contributed by atoms with Crippen LogP contribution >= 0.6 is 0 Å². The van der Waals surface area contributed by atoms with E-state index >= 15 is 0 Å². The molecule has 14 heavy (non-hydrogen) atoms. The predicted octanol–water partition coefficient (Wildman–Crippen LogP) is 3.33. The molecule has 1 rings (SSSR count). The summed E-state index contributed by atoms with van der Waals surface area (Å²) >= 11 is 0. The first kappa shape index (κ1) is 11.5. The van der Waals surface area contributed by atoms with Gasteiger partial charge in [-0.15, -0.1) is 0 Å². The molecule has 0 aromatic rings. The third kappa shape index (κ3) is 2.72. The van der Waals surface area contributed by atoms with E-state index in [1.54, 1.807) is 0 Å². The van der Waals surface area contributed by atoms with Crippen molar-refractivity contribution in [3.05, 3.63) is 0 Å². The lowest BCUT2D eigenvalue weighted by molar-refractivity contribution is -0.182. The molecule has 4 heteroatoms. The largest absolute Gasteiger partial charge is 0.398 e. The fourth-order valence-corrected chi connectivity index (χ4v) is 1.80. The second-order valence-corrected chi connectivity index (χ2v) is 4.76. The molecular weight excluding hydrogens is 193 g/mol. The normalized spacial score (nSPS) is 28.6. The summed E-state index contributed by atoms with van der Waals surface area (Å²) in [6.45, 7) is 3.83. The highest BCUT2D eigenvalue weighted by atomic mass is 19.4. The van der Waals surface area contributed by atoms with Crippen LogP contribution in [0.4, 0.5) is 13.2 Å². The number of alkyl halides is 3. The van der Waals surface area contributed by atoms with Crippen LogP contribution in [0.3, 0.4) is 0 Å². The van der Waals surface area contributed by atoms with E-state index in [1.807, 2.05) is 13.8 Å². The number of hydrogen-bond acceptors (Lipinski definition) is 1. The molecule has 82 valence electrons. The van der Waals surface area contributed by atoms with Crippen molar-refractivity contribution in [2.45, 2.75) is 45.7 Å². The minimum absolute atomic E-state index is 0.0463. The maximum absolute atomic E-state index is 12.4. The van der Waals surface area contributed by atoms with Gasteiger partial charge in [-0.25, -0.2) is 0 Å². The van der Waals surface area contributed by atoms with E-state index in [9.17, 15) is 18.0 Å². The molecule has 0 aromatic heterocycles. The van der Waals surface area contributed by atoms with Crippen LogP contribution < -0.4 is 0 Å². The van der Waals surface area contributed by atoms with Crippen LogP contribution in [0.15, 0.2) is 0 Å². The fourth-order valence-electron chi connectivity index (χ4n) is 1.80. The van der Waals surface area contributed by atoms with Crippen molar-refractivity contribution in [3.63, 3.8) is 0 Å². The molecule has 0 radical (unpaired) electrons. The van der Waals surface area contributed by atoms with Crippen LogP contribution in [-0.4, -0.2) is 12.0 Å². The van der Waals surface area contributed by atoms with Gasteiger partial charge >= 0.3 is 6.18 Å². The summed E-state index contributed by atoms with van der Waals surface area (Å²) in [5.74, 6) is -2.35. The maximum atomic E-state index is 12.4. The average Bonchev–Trinajstić information content (AvgIpc) is 2.09. The quantitative estimate of drug-likeness (QED) is 0.558. The van der Waals surface area contributed by atoms with E-state index in [0.29, 0.717) is 12.8 Å². The number of rotatable bonds is 0. The molecule has 1 saturated carbocycles. The Morgan fingerprint density at radius 1 is 1.29 bits per heavy atom. The molecule has 0 saturated heterocycles. The Morgan fingerprint density at radius 3 is 2.36 bits per heavy atom. The molecule has 0 aliphatic heterocycles. The van der Waals surface area contributed by atoms with Crippen LogP contribution in [0.25, 0.3) is 0 Å². The molecule has 1 aliphatic rings. The number of Topliss-reactive ketones (excluding diaryl/α,β-unsaturated/α-hetero) is 1. The summed E-state index contributed by atoms with van der Waals surface area (Å²) in [7, 11) is 0. The number of ketones is 1. The molecule has 0 aromatic carbocycles. The van der Waals surface area contributed by atoms with Crippen molar-refractivity contribution in [1.29, 1.82) is 0 Å². The Hall–Kier alpha value is -0.540. The van der Waals surface area contributed by atoms with Crippen molar-refractivity contribution in [2.24, 2.45) is 11.3 Å². The lowest BCUT2D eigenvalue weighted by atomic mass is 9.85. The fraction of sp³-hybridized carbons (Fsp3) is 0.900. The summed E-state index contributed by atoms with van der Waals surface area (Å²) in [5.41, 5.74) is -0.129. The molecule has 1 nitrogen and oxygen atoms in total. The van der Waals surface area contributed by atoms with Crippen molar-refractivity contribution < 1.29 is 18.0 Å². The number of carbonyl (C=O) groups excluding carboxylic acids is 1. The number of carbonyl (C=O) groups is 1. The zero-order valence-electron chi connectivity index (χ0n) is 8.45. The number of hydrogen-bond donors (Lipinski definition) is 0. The van der Waals surface area contributed by atoms with E-state index < -0.39 is 17.9 Å². The van der Waals surface area contributed by atoms with Gasteiger partial charge in [0.2, 0.25) is 0 Å². The zero-order valence-corrected chi connectivity index (χ0v) is 8.45. The highest BCUT2D eigenvalue weighted by molar-refractivity contribution is 5.82. The van der Waals surface area contributed by atoms with Gasteiger partial charge in [-0.2, -0.15) is 13.2 Å². The van der Waals surface area contributed by atoms with E-state index in [4.69, 9.17) is 0 Å². The van der Waals surface area contributed by atoms with Crippen LogP contribution in [-0.2, 0) is 4.79 Å². The van der Waals surface area contributed by atoms with E-state index in [-0.39, 0.29) is 18.3 Å². The predicted molar refractivity (Wildman–Crippen MR) is 46.8 cm³/mol. The first-order chi connectivity index (χ1) is 6.22. The third-order valence-electron chi connectivity index (χ3n) is 2.94. The van der Waals surface area contributed by atoms with Gasteiger partial charge in [-0.3, -0.25) is 4.79 Å². The van der Waals surface area contributed by atoms with Crippen LogP contribution in [0.2, 0.25) is 0 Å². The van der Waals surface area contributed by atoms with E-state index in [2.05, 4.69) is 0 Å². The Morgan fingerprint density at radius 2 is 1.86 bits per heavy atom. The Labute approximate surface area is 81.7 Å². The summed E-state index contributed by atoms with van der Waals surface area (Å²) in [5, 5.41) is 0. The Bertz CT molecular complexity index is 230. The number of halogens is 3. The van der Waals surface area contributed by atoms with Crippen LogP contribution in [0.5, 0.6) is 0 Å². The lowest BCUT2D eigenvalue weighted by Crippen LogP contribution is -2.29. The van der Waals surface area contributed by atoms with Gasteiger partial charge in [-0.1, -0.05) is 13.8 Å². The van der Waals surface area contributed by atoms with Gasteiger partial charge < -0.3 is 0 Å². The molecule has 1 atom stereocenters. The summed E-state index contributed by atoms with van der Waals surface area (Å²) in [6.07, 6.45) is -3.29. The highest BCUT2D eigenvalue weighted by Crippen LogP contribution is 2.40. The van der Waals surface area contributed by atoms with Gasteiger partial charge in [0.05, 0.1) is 0 Å². The smallest absolute Gasteiger partial charge is 0.299 e. The first-order valence-electron chi connectivity index (χ1n) is 4.82. The molecule has 0 spiro atoms. The summed E-state index contributed by atoms with van der Waals surface area (Å²) in [6, 6.07) is 0. The summed E-state index contributed by atoms with van der Waals surface area (Å²) < 4.78 is 37.2. The molecule has 1 fully saturated rings. The summed E-state index contributed by atoms with van der Waals surface area (Å²) in [4.78, 5) is 11.2. The van der Waals surface area contributed by atoms with Crippen molar-refractivity contribution >= 4 is 5.78 Å². The SMILES string of the molecule is CC1(C)CCC(=O)C(C(F)(F)F)CC1. The Kier molecular flexibility index (Phi) is 2.93. The van der Waals surface area contributed by atoms with Gasteiger partial charge in [-0.05, 0) is 24.7 Å². The molecule has 0 heterocycles. The standard InChI is InChI=1S/C10H15F3O/c1-9(2)5-3-7(10(11,12)13)8(14)4-6-9/h7H,3-6H2,1-2H3. The Balaban J connectivity index is 2.76.